The third-order valence-corrected chi connectivity index (χ3v) is 5.30. The van der Waals surface area contributed by atoms with Gasteiger partial charge in [-0.25, -0.2) is 4.90 Å². The first kappa shape index (κ1) is 22.7. The molecule has 0 fully saturated rings. The van der Waals surface area contributed by atoms with Crippen molar-refractivity contribution >= 4 is 34.4 Å². The molecule has 0 bridgehead atoms. The molecule has 0 aliphatic carbocycles. The number of nitrogens with one attached hydrogen (secondary N) is 1. The van der Waals surface area contributed by atoms with Gasteiger partial charge in [0.1, 0.15) is 11.4 Å². The van der Waals surface area contributed by atoms with E-state index in [4.69, 9.17) is 4.74 Å². The topological polar surface area (TPSA) is 102 Å². The van der Waals surface area contributed by atoms with Crippen molar-refractivity contribution in [2.24, 2.45) is 0 Å². The molecule has 4 rings (SSSR count). The van der Waals surface area contributed by atoms with Crippen molar-refractivity contribution in [3.63, 3.8) is 0 Å². The fourth-order valence-electron chi connectivity index (χ4n) is 3.73. The molecule has 2 amide bonds. The number of ether oxygens (including phenoxy) is 1. The van der Waals surface area contributed by atoms with Gasteiger partial charge in [-0.2, -0.15) is 0 Å². The first-order valence-electron chi connectivity index (χ1n) is 10.7. The van der Waals surface area contributed by atoms with Crippen LogP contribution in [-0.2, 0) is 9.59 Å². The summed E-state index contributed by atoms with van der Waals surface area (Å²) in [6.07, 6.45) is 0.0203. The predicted octanol–water partition coefficient (Wildman–Crippen LogP) is 5.09. The van der Waals surface area contributed by atoms with Crippen LogP contribution < -0.4 is 15.0 Å². The normalized spacial score (nSPS) is 13.6. The Morgan fingerprint density at radius 1 is 0.912 bits per heavy atom. The highest BCUT2D eigenvalue weighted by Gasteiger charge is 2.40. The van der Waals surface area contributed by atoms with Crippen molar-refractivity contribution in [1.29, 1.82) is 0 Å². The van der Waals surface area contributed by atoms with Crippen LogP contribution in [0, 0.1) is 17.0 Å². The molecule has 0 unspecified atom stereocenters. The molecule has 1 aliphatic rings. The summed E-state index contributed by atoms with van der Waals surface area (Å²) in [7, 11) is 0. The molecular weight excluding hydrogens is 434 g/mol. The summed E-state index contributed by atoms with van der Waals surface area (Å²) in [6.45, 7) is 5.67. The van der Waals surface area contributed by atoms with Gasteiger partial charge in [0.2, 0.25) is 0 Å². The first-order valence-corrected chi connectivity index (χ1v) is 10.7. The molecule has 1 aliphatic heterocycles. The molecule has 0 saturated heterocycles. The Kier molecular flexibility index (Phi) is 6.14. The van der Waals surface area contributed by atoms with Crippen molar-refractivity contribution in [2.45, 2.75) is 26.9 Å². The van der Waals surface area contributed by atoms with E-state index in [-0.39, 0.29) is 23.1 Å². The van der Waals surface area contributed by atoms with Gasteiger partial charge in [-0.1, -0.05) is 18.2 Å². The highest BCUT2D eigenvalue weighted by molar-refractivity contribution is 6.46. The van der Waals surface area contributed by atoms with Gasteiger partial charge in [0.05, 0.1) is 22.3 Å². The second-order valence-corrected chi connectivity index (χ2v) is 8.10. The Morgan fingerprint density at radius 2 is 1.56 bits per heavy atom. The van der Waals surface area contributed by atoms with Gasteiger partial charge in [0.25, 0.3) is 17.5 Å². The lowest BCUT2D eigenvalue weighted by molar-refractivity contribution is -0.384. The minimum absolute atomic E-state index is 0.0203. The van der Waals surface area contributed by atoms with Crippen LogP contribution in [0.15, 0.2) is 78.5 Å². The molecule has 0 aromatic heterocycles. The first-order chi connectivity index (χ1) is 16.3. The lowest BCUT2D eigenvalue weighted by Crippen LogP contribution is -2.33. The van der Waals surface area contributed by atoms with Crippen LogP contribution >= 0.6 is 0 Å². The quantitative estimate of drug-likeness (QED) is 0.301. The van der Waals surface area contributed by atoms with Crippen LogP contribution in [0.25, 0.3) is 5.57 Å². The third-order valence-electron chi connectivity index (χ3n) is 5.30. The molecule has 0 radical (unpaired) electrons. The van der Waals surface area contributed by atoms with Crippen molar-refractivity contribution < 1.29 is 19.2 Å². The van der Waals surface area contributed by atoms with Crippen LogP contribution in [0.1, 0.15) is 25.0 Å². The average molecular weight is 457 g/mol. The summed E-state index contributed by atoms with van der Waals surface area (Å²) in [6, 6.07) is 19.7. The second-order valence-electron chi connectivity index (χ2n) is 8.10. The fourth-order valence-corrected chi connectivity index (χ4v) is 3.73. The Labute approximate surface area is 196 Å². The van der Waals surface area contributed by atoms with Crippen molar-refractivity contribution in [3.8, 4) is 5.75 Å². The van der Waals surface area contributed by atoms with E-state index in [0.717, 1.165) is 10.5 Å². The summed E-state index contributed by atoms with van der Waals surface area (Å²) in [4.78, 5) is 38.7. The number of rotatable bonds is 7. The average Bonchev–Trinajstić information content (AvgIpc) is 3.04. The van der Waals surface area contributed by atoms with E-state index < -0.39 is 16.7 Å². The smallest absolute Gasteiger partial charge is 0.282 e. The molecule has 172 valence electrons. The molecule has 0 saturated carbocycles. The van der Waals surface area contributed by atoms with Crippen LogP contribution in [0.3, 0.4) is 0 Å². The number of para-hydroxylation sites is 1. The van der Waals surface area contributed by atoms with Crippen LogP contribution in [0.5, 0.6) is 5.75 Å². The lowest BCUT2D eigenvalue weighted by Gasteiger charge is -2.17. The summed E-state index contributed by atoms with van der Waals surface area (Å²) in [5.74, 6) is -0.328. The highest BCUT2D eigenvalue weighted by atomic mass is 16.6. The summed E-state index contributed by atoms with van der Waals surface area (Å²) < 4.78 is 5.66. The number of carbonyl (C=O) groups excluding carboxylic acids is 2. The number of benzene rings is 3. The monoisotopic (exact) mass is 457 g/mol. The molecular formula is C26H23N3O5. The predicted molar refractivity (Wildman–Crippen MR) is 130 cm³/mol. The number of nitro benzene ring substituents is 1. The lowest BCUT2D eigenvalue weighted by atomic mass is 10.0. The molecule has 1 N–H and O–H groups in total. The maximum atomic E-state index is 13.5. The number of nitrogens with zero attached hydrogens (tertiary/aromatic N) is 2. The van der Waals surface area contributed by atoms with Gasteiger partial charge in [0.15, 0.2) is 0 Å². The zero-order valence-electron chi connectivity index (χ0n) is 18.9. The standard InChI is InChI=1S/C26H23N3O5/c1-16(2)34-21-14-10-19(11-15-21)27-24-23(18-8-12-20(13-9-18)29(32)33)25(30)28(26(24)31)22-7-5-4-6-17(22)3/h4-16,27H,1-3H3. The number of hydrogen-bond acceptors (Lipinski definition) is 6. The number of non-ortho nitro benzene ring substituents is 1. The van der Waals surface area contributed by atoms with Gasteiger partial charge in [-0.3, -0.25) is 19.7 Å². The van der Waals surface area contributed by atoms with E-state index in [1.807, 2.05) is 32.9 Å². The largest absolute Gasteiger partial charge is 0.491 e. The molecule has 1 heterocycles. The van der Waals surface area contributed by atoms with E-state index in [0.29, 0.717) is 22.7 Å². The molecule has 3 aromatic rings. The third kappa shape index (κ3) is 4.38. The number of nitro groups is 1. The van der Waals surface area contributed by atoms with Crippen molar-refractivity contribution in [3.05, 3.63) is 99.7 Å². The van der Waals surface area contributed by atoms with E-state index in [2.05, 4.69) is 5.32 Å². The Bertz CT molecular complexity index is 1290. The summed E-state index contributed by atoms with van der Waals surface area (Å²) >= 11 is 0. The van der Waals surface area contributed by atoms with Gasteiger partial charge < -0.3 is 10.1 Å². The van der Waals surface area contributed by atoms with Gasteiger partial charge >= 0.3 is 0 Å². The number of imide groups is 1. The molecule has 0 atom stereocenters. The minimum Gasteiger partial charge on any atom is -0.491 e. The van der Waals surface area contributed by atoms with Crippen LogP contribution in [0.2, 0.25) is 0 Å². The Balaban J connectivity index is 1.76. The number of amides is 2. The number of anilines is 2. The molecule has 0 spiro atoms. The van der Waals surface area contributed by atoms with E-state index in [1.165, 1.54) is 24.3 Å². The molecule has 8 nitrogen and oxygen atoms in total. The maximum absolute atomic E-state index is 13.5. The van der Waals surface area contributed by atoms with Crippen LogP contribution in [0.4, 0.5) is 17.1 Å². The zero-order valence-corrected chi connectivity index (χ0v) is 18.9. The minimum atomic E-state index is -0.515. The second kappa shape index (κ2) is 9.19. The molecule has 3 aromatic carbocycles. The zero-order chi connectivity index (χ0) is 24.4. The van der Waals surface area contributed by atoms with Crippen molar-refractivity contribution in [1.82, 2.24) is 0 Å². The van der Waals surface area contributed by atoms with E-state index in [1.54, 1.807) is 36.4 Å². The van der Waals surface area contributed by atoms with Gasteiger partial charge in [-0.05, 0) is 74.4 Å². The maximum Gasteiger partial charge on any atom is 0.282 e. The van der Waals surface area contributed by atoms with Crippen LogP contribution in [-0.4, -0.2) is 22.8 Å². The van der Waals surface area contributed by atoms with E-state index in [9.17, 15) is 19.7 Å². The molecule has 8 heteroatoms. The molecule has 34 heavy (non-hydrogen) atoms. The van der Waals surface area contributed by atoms with Gasteiger partial charge in [0, 0.05) is 17.8 Å². The Hall–Kier alpha value is -4.46. The SMILES string of the molecule is Cc1ccccc1N1C(=O)C(Nc2ccc(OC(C)C)cc2)=C(c2ccc([N+](=O)[O-])cc2)C1=O. The van der Waals surface area contributed by atoms with Gasteiger partial charge in [-0.15, -0.1) is 0 Å². The summed E-state index contributed by atoms with van der Waals surface area (Å²) in [5, 5.41) is 14.2. The number of aryl methyl sites for hydroxylation is 1. The van der Waals surface area contributed by atoms with Crippen molar-refractivity contribution in [2.75, 3.05) is 10.2 Å². The highest BCUT2D eigenvalue weighted by Crippen LogP contribution is 2.35. The number of carbonyl (C=O) groups is 2. The Morgan fingerprint density at radius 3 is 2.15 bits per heavy atom. The van der Waals surface area contributed by atoms with E-state index >= 15 is 0 Å². The number of hydrogen-bond donors (Lipinski definition) is 1. The fraction of sp³-hybridized carbons (Fsp3) is 0.154. The summed E-state index contributed by atoms with van der Waals surface area (Å²) in [5.41, 5.74) is 2.39.